The molecule has 0 radical (unpaired) electrons. The maximum atomic E-state index is 6.97. The van der Waals surface area contributed by atoms with Crippen LogP contribution in [0, 0.1) is 0 Å². The maximum absolute atomic E-state index is 6.97. The molecule has 240 valence electrons. The number of benzene rings is 9. The van der Waals surface area contributed by atoms with Crippen LogP contribution in [0.2, 0.25) is 0 Å². The third kappa shape index (κ3) is 3.65. The first kappa shape index (κ1) is 27.7. The van der Waals surface area contributed by atoms with Crippen LogP contribution >= 0.6 is 0 Å². The fourth-order valence-corrected chi connectivity index (χ4v) is 8.71. The van der Waals surface area contributed by atoms with Gasteiger partial charge in [0.25, 0.3) is 0 Å². The number of hydrogen-bond donors (Lipinski definition) is 0. The number of furan rings is 1. The first-order valence-electron chi connectivity index (χ1n) is 17.7. The van der Waals surface area contributed by atoms with Crippen LogP contribution in [0.15, 0.2) is 168 Å². The van der Waals surface area contributed by atoms with E-state index in [0.29, 0.717) is 5.82 Å². The highest BCUT2D eigenvalue weighted by atomic mass is 16.3. The Morgan fingerprint density at radius 1 is 0.385 bits per heavy atom. The fraction of sp³-hybridized carbons (Fsp3) is 0. The van der Waals surface area contributed by atoms with E-state index in [2.05, 4.69) is 162 Å². The fourth-order valence-electron chi connectivity index (χ4n) is 8.71. The number of nitrogens with zero attached hydrogens (tertiary/aromatic N) is 3. The van der Waals surface area contributed by atoms with Crippen LogP contribution in [-0.2, 0) is 0 Å². The molecular weight excluding hydrogens is 635 g/mol. The minimum absolute atomic E-state index is 0.688. The molecule has 3 aromatic heterocycles. The molecule has 4 nitrogen and oxygen atoms in total. The molecule has 0 aliphatic heterocycles. The van der Waals surface area contributed by atoms with E-state index in [-0.39, 0.29) is 0 Å². The van der Waals surface area contributed by atoms with E-state index in [0.717, 1.165) is 93.0 Å². The Morgan fingerprint density at radius 2 is 0.962 bits per heavy atom. The Balaban J connectivity index is 1.38. The zero-order valence-corrected chi connectivity index (χ0v) is 27.8. The summed E-state index contributed by atoms with van der Waals surface area (Å²) in [6, 6.07) is 58.1. The van der Waals surface area contributed by atoms with Gasteiger partial charge in [0.05, 0.1) is 16.6 Å². The van der Waals surface area contributed by atoms with Crippen LogP contribution < -0.4 is 0 Å². The van der Waals surface area contributed by atoms with Crippen molar-refractivity contribution in [1.29, 1.82) is 0 Å². The van der Waals surface area contributed by atoms with Crippen LogP contribution in [0.3, 0.4) is 0 Å². The van der Waals surface area contributed by atoms with Crippen LogP contribution in [0.25, 0.3) is 115 Å². The van der Waals surface area contributed by atoms with Gasteiger partial charge in [-0.05, 0) is 44.5 Å². The molecule has 4 heteroatoms. The van der Waals surface area contributed by atoms with Crippen LogP contribution in [-0.4, -0.2) is 14.5 Å². The van der Waals surface area contributed by atoms with Crippen molar-refractivity contribution in [2.45, 2.75) is 0 Å². The van der Waals surface area contributed by atoms with Gasteiger partial charge in [-0.3, -0.25) is 4.57 Å². The zero-order chi connectivity index (χ0) is 33.9. The molecule has 52 heavy (non-hydrogen) atoms. The Labute approximate surface area is 296 Å². The largest absolute Gasteiger partial charge is 0.454 e. The molecule has 0 N–H and O–H groups in total. The zero-order valence-electron chi connectivity index (χ0n) is 27.8. The molecule has 0 saturated carbocycles. The highest BCUT2D eigenvalue weighted by Gasteiger charge is 2.26. The highest BCUT2D eigenvalue weighted by Crippen LogP contribution is 2.48. The first-order valence-corrected chi connectivity index (χ1v) is 17.7. The first-order chi connectivity index (χ1) is 25.8. The van der Waals surface area contributed by atoms with Crippen LogP contribution in [0.4, 0.5) is 0 Å². The minimum atomic E-state index is 0.688. The summed E-state index contributed by atoms with van der Waals surface area (Å²) in [5.41, 5.74) is 5.75. The van der Waals surface area contributed by atoms with Crippen molar-refractivity contribution >= 4 is 97.7 Å². The molecule has 0 aliphatic carbocycles. The number of aromatic nitrogens is 3. The summed E-state index contributed by atoms with van der Waals surface area (Å²) >= 11 is 0. The second-order valence-corrected chi connectivity index (χ2v) is 13.7. The summed E-state index contributed by atoms with van der Waals surface area (Å²) in [5, 5.41) is 14.7. The standard InChI is InChI=1S/C48H27N3O/c1-4-16-31-28(12-1)15-11-22-36(31)47-49-43-32-17-5-2-13-29(32)25-27-39(43)48(50-47)51-44-33-18-6-3-14-30(33)24-26-38(44)41-34-19-7-8-20-35(34)42-37-21-9-10-23-40(37)52-46(42)45(41)51/h1-27H. The summed E-state index contributed by atoms with van der Waals surface area (Å²) in [5.74, 6) is 1.51. The number of para-hydroxylation sites is 1. The predicted octanol–water partition coefficient (Wildman–Crippen LogP) is 12.9. The van der Waals surface area contributed by atoms with Crippen molar-refractivity contribution < 1.29 is 4.42 Å². The van der Waals surface area contributed by atoms with E-state index in [1.165, 1.54) is 16.2 Å². The summed E-state index contributed by atoms with van der Waals surface area (Å²) in [7, 11) is 0. The number of hydrogen-bond acceptors (Lipinski definition) is 3. The Hall–Kier alpha value is -7.04. The normalized spacial score (nSPS) is 12.2. The minimum Gasteiger partial charge on any atom is -0.454 e. The van der Waals surface area contributed by atoms with Crippen LogP contribution in [0.1, 0.15) is 0 Å². The second kappa shape index (κ2) is 10.3. The molecule has 0 amide bonds. The molecule has 0 unspecified atom stereocenters. The Morgan fingerprint density at radius 3 is 1.75 bits per heavy atom. The average molecular weight is 662 g/mol. The molecule has 3 heterocycles. The Kier molecular flexibility index (Phi) is 5.47. The van der Waals surface area contributed by atoms with E-state index >= 15 is 0 Å². The average Bonchev–Trinajstić information content (AvgIpc) is 3.77. The van der Waals surface area contributed by atoms with Gasteiger partial charge in [-0.25, -0.2) is 9.97 Å². The smallest absolute Gasteiger partial charge is 0.162 e. The molecule has 0 aliphatic rings. The van der Waals surface area contributed by atoms with Gasteiger partial charge in [-0.1, -0.05) is 152 Å². The summed E-state index contributed by atoms with van der Waals surface area (Å²) in [6.07, 6.45) is 0. The van der Waals surface area contributed by atoms with Crippen molar-refractivity contribution in [3.8, 4) is 17.2 Å². The van der Waals surface area contributed by atoms with E-state index in [4.69, 9.17) is 14.4 Å². The van der Waals surface area contributed by atoms with Gasteiger partial charge in [0, 0.05) is 43.3 Å². The van der Waals surface area contributed by atoms with Gasteiger partial charge < -0.3 is 4.42 Å². The van der Waals surface area contributed by atoms with Crippen molar-refractivity contribution in [3.05, 3.63) is 164 Å². The molecule has 9 aromatic carbocycles. The van der Waals surface area contributed by atoms with Crippen molar-refractivity contribution in [2.75, 3.05) is 0 Å². The Bertz CT molecular complexity index is 3470. The van der Waals surface area contributed by atoms with Gasteiger partial charge >= 0.3 is 0 Å². The lowest BCUT2D eigenvalue weighted by molar-refractivity contribution is 0.671. The van der Waals surface area contributed by atoms with Crippen molar-refractivity contribution in [3.63, 3.8) is 0 Å². The molecule has 0 spiro atoms. The molecule has 0 atom stereocenters. The van der Waals surface area contributed by atoms with Crippen LogP contribution in [0.5, 0.6) is 0 Å². The van der Waals surface area contributed by atoms with E-state index < -0.39 is 0 Å². The molecule has 0 saturated heterocycles. The highest BCUT2D eigenvalue weighted by molar-refractivity contribution is 6.36. The molecule has 12 rings (SSSR count). The molecule has 0 fully saturated rings. The van der Waals surface area contributed by atoms with Gasteiger partial charge in [-0.15, -0.1) is 0 Å². The molecular formula is C48H27N3O. The van der Waals surface area contributed by atoms with Gasteiger partial charge in [-0.2, -0.15) is 0 Å². The number of rotatable bonds is 2. The quantitative estimate of drug-likeness (QED) is 0.173. The topological polar surface area (TPSA) is 43.9 Å². The third-order valence-electron chi connectivity index (χ3n) is 10.9. The lowest BCUT2D eigenvalue weighted by atomic mass is 9.98. The van der Waals surface area contributed by atoms with E-state index in [9.17, 15) is 0 Å². The summed E-state index contributed by atoms with van der Waals surface area (Å²) < 4.78 is 9.35. The van der Waals surface area contributed by atoms with Gasteiger partial charge in [0.15, 0.2) is 11.4 Å². The number of fused-ring (bicyclic) bond motifs is 16. The molecule has 0 bridgehead atoms. The predicted molar refractivity (Wildman–Crippen MR) is 217 cm³/mol. The summed E-state index contributed by atoms with van der Waals surface area (Å²) in [6.45, 7) is 0. The van der Waals surface area contributed by atoms with Gasteiger partial charge in [0.2, 0.25) is 0 Å². The van der Waals surface area contributed by atoms with E-state index in [1.807, 2.05) is 6.07 Å². The van der Waals surface area contributed by atoms with Gasteiger partial charge in [0.1, 0.15) is 11.4 Å². The maximum Gasteiger partial charge on any atom is 0.162 e. The second-order valence-electron chi connectivity index (χ2n) is 13.7. The third-order valence-corrected chi connectivity index (χ3v) is 10.9. The van der Waals surface area contributed by atoms with Crippen molar-refractivity contribution in [2.24, 2.45) is 0 Å². The van der Waals surface area contributed by atoms with E-state index in [1.54, 1.807) is 0 Å². The molecule has 12 aromatic rings. The van der Waals surface area contributed by atoms with Crippen molar-refractivity contribution in [1.82, 2.24) is 14.5 Å². The summed E-state index contributed by atoms with van der Waals surface area (Å²) in [4.78, 5) is 11.0. The monoisotopic (exact) mass is 661 g/mol. The lowest BCUT2D eigenvalue weighted by Gasteiger charge is -2.16. The SMILES string of the molecule is c1ccc2c(-c3nc(-n4c5c6ccccc6ccc5c5c6ccccc6c6c7ccccc7oc6c54)c4ccc5ccccc5c4n3)cccc2c1. The lowest BCUT2D eigenvalue weighted by Crippen LogP contribution is -2.04.